The van der Waals surface area contributed by atoms with Crippen LogP contribution >= 0.6 is 0 Å². The van der Waals surface area contributed by atoms with Crippen LogP contribution in [-0.4, -0.2) is 24.1 Å². The molecule has 0 radical (unpaired) electrons. The summed E-state index contributed by atoms with van der Waals surface area (Å²) in [6.07, 6.45) is 8.86. The first-order valence-corrected chi connectivity index (χ1v) is 11.1. The molecule has 4 fully saturated rings. The largest absolute Gasteiger partial charge is 0.456 e. The summed E-state index contributed by atoms with van der Waals surface area (Å²) in [5.41, 5.74) is 0.0939. The lowest BCUT2D eigenvalue weighted by atomic mass is 9.44. The summed E-state index contributed by atoms with van der Waals surface area (Å²) in [6, 6.07) is 0. The van der Waals surface area contributed by atoms with E-state index in [4.69, 9.17) is 9.47 Å². The number of hydrogen-bond acceptors (Lipinski definition) is 4. The highest BCUT2D eigenvalue weighted by Gasteiger charge is 2.62. The van der Waals surface area contributed by atoms with Crippen LogP contribution in [0.2, 0.25) is 0 Å². The van der Waals surface area contributed by atoms with E-state index in [9.17, 15) is 9.59 Å². The Kier molecular flexibility index (Phi) is 5.93. The second-order valence-corrected chi connectivity index (χ2v) is 10.2. The molecule has 0 aliphatic heterocycles. The van der Waals surface area contributed by atoms with E-state index in [0.717, 1.165) is 25.2 Å². The molecule has 27 heavy (non-hydrogen) atoms. The van der Waals surface area contributed by atoms with Crippen molar-refractivity contribution in [3.63, 3.8) is 0 Å². The lowest BCUT2D eigenvalue weighted by Gasteiger charge is -2.64. The summed E-state index contributed by atoms with van der Waals surface area (Å²) in [4.78, 5) is 24.6. The molecule has 0 saturated heterocycles. The van der Waals surface area contributed by atoms with Crippen LogP contribution in [0.5, 0.6) is 0 Å². The SMILES string of the molecule is CCC(C)CC1(OC(=O)COC(=O)C(C)CC)C2CC3CC1CC(C)(C3)C2. The fraction of sp³-hybridized carbons (Fsp3) is 0.913. The topological polar surface area (TPSA) is 52.6 Å². The van der Waals surface area contributed by atoms with Crippen molar-refractivity contribution in [1.29, 1.82) is 0 Å². The van der Waals surface area contributed by atoms with Gasteiger partial charge in [-0.15, -0.1) is 0 Å². The minimum absolute atomic E-state index is 0.173. The van der Waals surface area contributed by atoms with Crippen LogP contribution < -0.4 is 0 Å². The first-order chi connectivity index (χ1) is 12.7. The van der Waals surface area contributed by atoms with E-state index in [1.165, 1.54) is 32.1 Å². The van der Waals surface area contributed by atoms with Crippen LogP contribution in [0.1, 0.15) is 86.0 Å². The molecule has 4 rings (SSSR count). The van der Waals surface area contributed by atoms with Gasteiger partial charge < -0.3 is 9.47 Å². The van der Waals surface area contributed by atoms with Gasteiger partial charge in [-0.1, -0.05) is 41.0 Å². The zero-order chi connectivity index (χ0) is 19.8. The summed E-state index contributed by atoms with van der Waals surface area (Å²) in [5.74, 6) is 1.45. The Balaban J connectivity index is 1.73. The van der Waals surface area contributed by atoms with Gasteiger partial charge in [0.1, 0.15) is 5.60 Å². The van der Waals surface area contributed by atoms with Crippen LogP contribution in [0.3, 0.4) is 0 Å². The van der Waals surface area contributed by atoms with E-state index in [-0.39, 0.29) is 30.1 Å². The van der Waals surface area contributed by atoms with E-state index in [0.29, 0.717) is 23.2 Å². The molecule has 0 aromatic carbocycles. The Morgan fingerprint density at radius 3 is 2.19 bits per heavy atom. The van der Waals surface area contributed by atoms with Crippen LogP contribution in [0, 0.1) is 35.0 Å². The van der Waals surface area contributed by atoms with Crippen molar-refractivity contribution in [2.24, 2.45) is 35.0 Å². The van der Waals surface area contributed by atoms with Crippen molar-refractivity contribution < 1.29 is 19.1 Å². The van der Waals surface area contributed by atoms with Gasteiger partial charge >= 0.3 is 11.9 Å². The van der Waals surface area contributed by atoms with Gasteiger partial charge in [-0.2, -0.15) is 0 Å². The normalized spacial score (nSPS) is 39.1. The first kappa shape index (κ1) is 20.7. The molecule has 0 heterocycles. The molecule has 4 atom stereocenters. The molecule has 0 N–H and O–H groups in total. The van der Waals surface area contributed by atoms with Gasteiger partial charge in [-0.05, 0) is 74.0 Å². The smallest absolute Gasteiger partial charge is 0.344 e. The zero-order valence-electron chi connectivity index (χ0n) is 17.9. The molecule has 4 saturated carbocycles. The third kappa shape index (κ3) is 4.05. The lowest BCUT2D eigenvalue weighted by Crippen LogP contribution is -2.62. The van der Waals surface area contributed by atoms with Gasteiger partial charge in [0.25, 0.3) is 0 Å². The Labute approximate surface area is 164 Å². The van der Waals surface area contributed by atoms with Crippen LogP contribution in [0.4, 0.5) is 0 Å². The van der Waals surface area contributed by atoms with E-state index < -0.39 is 0 Å². The summed E-state index contributed by atoms with van der Waals surface area (Å²) in [7, 11) is 0. The maximum Gasteiger partial charge on any atom is 0.344 e. The number of esters is 2. The van der Waals surface area contributed by atoms with E-state index in [2.05, 4.69) is 20.8 Å². The second-order valence-electron chi connectivity index (χ2n) is 10.2. The third-order valence-corrected chi connectivity index (χ3v) is 7.89. The summed E-state index contributed by atoms with van der Waals surface area (Å²) in [5, 5.41) is 0. The quantitative estimate of drug-likeness (QED) is 0.549. The van der Waals surface area contributed by atoms with Gasteiger partial charge in [0.2, 0.25) is 0 Å². The molecule has 0 aromatic rings. The maximum absolute atomic E-state index is 12.7. The van der Waals surface area contributed by atoms with Crippen molar-refractivity contribution in [3.8, 4) is 0 Å². The summed E-state index contributed by atoms with van der Waals surface area (Å²) >= 11 is 0. The Morgan fingerprint density at radius 1 is 1.04 bits per heavy atom. The van der Waals surface area contributed by atoms with E-state index in [1.807, 2.05) is 13.8 Å². The fourth-order valence-electron chi connectivity index (χ4n) is 6.36. The number of hydrogen-bond donors (Lipinski definition) is 0. The zero-order valence-corrected chi connectivity index (χ0v) is 17.9. The Morgan fingerprint density at radius 2 is 1.67 bits per heavy atom. The van der Waals surface area contributed by atoms with Gasteiger partial charge in [0, 0.05) is 0 Å². The molecule has 4 bridgehead atoms. The Hall–Kier alpha value is -1.06. The number of carbonyl (C=O) groups excluding carboxylic acids is 2. The third-order valence-electron chi connectivity index (χ3n) is 7.89. The van der Waals surface area contributed by atoms with Crippen molar-refractivity contribution in [1.82, 2.24) is 0 Å². The highest BCUT2D eigenvalue weighted by molar-refractivity contribution is 5.77. The van der Waals surface area contributed by atoms with Crippen molar-refractivity contribution in [2.75, 3.05) is 6.61 Å². The molecular weight excluding hydrogens is 340 g/mol. The average Bonchev–Trinajstić information content (AvgIpc) is 2.61. The van der Waals surface area contributed by atoms with Crippen molar-refractivity contribution in [3.05, 3.63) is 0 Å². The van der Waals surface area contributed by atoms with Gasteiger partial charge in [0.05, 0.1) is 5.92 Å². The Bertz CT molecular complexity index is 553. The second kappa shape index (κ2) is 7.75. The molecule has 4 heteroatoms. The van der Waals surface area contributed by atoms with Crippen LogP contribution in [-0.2, 0) is 19.1 Å². The van der Waals surface area contributed by atoms with Crippen LogP contribution in [0.15, 0.2) is 0 Å². The number of ether oxygens (including phenoxy) is 2. The molecule has 0 spiro atoms. The van der Waals surface area contributed by atoms with Gasteiger partial charge in [0.15, 0.2) is 6.61 Å². The monoisotopic (exact) mass is 378 g/mol. The first-order valence-electron chi connectivity index (χ1n) is 11.1. The molecule has 4 nitrogen and oxygen atoms in total. The van der Waals surface area contributed by atoms with E-state index in [1.54, 1.807) is 0 Å². The predicted octanol–water partition coefficient (Wildman–Crippen LogP) is 5.14. The minimum Gasteiger partial charge on any atom is -0.456 e. The fourth-order valence-corrected chi connectivity index (χ4v) is 6.36. The molecule has 0 amide bonds. The standard InChI is InChI=1S/C23H38O4/c1-6-15(3)10-23(27-20(24)14-26-21(25)16(4)7-2)18-8-17-9-19(23)13-22(5,11-17)12-18/h15-19H,6-14H2,1-5H3. The van der Waals surface area contributed by atoms with Crippen molar-refractivity contribution in [2.45, 2.75) is 91.6 Å². The number of rotatable bonds is 8. The summed E-state index contributed by atoms with van der Waals surface area (Å²) < 4.78 is 11.5. The highest BCUT2D eigenvalue weighted by atomic mass is 16.6. The minimum atomic E-state index is -0.354. The van der Waals surface area contributed by atoms with Crippen LogP contribution in [0.25, 0.3) is 0 Å². The number of carbonyl (C=O) groups is 2. The van der Waals surface area contributed by atoms with Gasteiger partial charge in [-0.3, -0.25) is 4.79 Å². The van der Waals surface area contributed by atoms with E-state index >= 15 is 0 Å². The van der Waals surface area contributed by atoms with Gasteiger partial charge in [-0.25, -0.2) is 4.79 Å². The molecule has 4 aliphatic rings. The maximum atomic E-state index is 12.7. The molecule has 4 aliphatic carbocycles. The highest BCUT2D eigenvalue weighted by Crippen LogP contribution is 2.65. The van der Waals surface area contributed by atoms with Crippen molar-refractivity contribution >= 4 is 11.9 Å². The predicted molar refractivity (Wildman–Crippen MR) is 105 cm³/mol. The molecule has 4 unspecified atom stereocenters. The summed E-state index contributed by atoms with van der Waals surface area (Å²) in [6.45, 7) is 10.4. The molecule has 154 valence electrons. The molecular formula is C23H38O4. The molecule has 0 aromatic heterocycles. The lowest BCUT2D eigenvalue weighted by molar-refractivity contribution is -0.231. The average molecular weight is 379 g/mol.